The van der Waals surface area contributed by atoms with Crippen molar-refractivity contribution in [1.82, 2.24) is 5.32 Å². The molecular weight excluding hydrogens is 288 g/mol. The molecule has 4 nitrogen and oxygen atoms in total. The van der Waals surface area contributed by atoms with Gasteiger partial charge in [-0.15, -0.1) is 0 Å². The lowest BCUT2D eigenvalue weighted by Crippen LogP contribution is -2.69. The molecule has 1 aromatic carbocycles. The highest BCUT2D eigenvalue weighted by Crippen LogP contribution is 2.52. The Morgan fingerprint density at radius 3 is 2.78 bits per heavy atom. The number of benzene rings is 1. The summed E-state index contributed by atoms with van der Waals surface area (Å²) in [7, 11) is 0. The van der Waals surface area contributed by atoms with Crippen LogP contribution in [0.1, 0.15) is 33.1 Å². The summed E-state index contributed by atoms with van der Waals surface area (Å²) in [4.78, 5) is 14.9. The van der Waals surface area contributed by atoms with Gasteiger partial charge in [0.25, 0.3) is 0 Å². The first kappa shape index (κ1) is 15.2. The summed E-state index contributed by atoms with van der Waals surface area (Å²) in [5, 5.41) is 3.70. The topological polar surface area (TPSA) is 41.6 Å². The summed E-state index contributed by atoms with van der Waals surface area (Å²) < 4.78 is 5.87. The molecule has 23 heavy (non-hydrogen) atoms. The minimum Gasteiger partial charge on any atom is -0.377 e. The fourth-order valence-corrected chi connectivity index (χ4v) is 4.77. The van der Waals surface area contributed by atoms with Crippen LogP contribution in [0.25, 0.3) is 0 Å². The standard InChI is InChI=1S/C19H26N2O2/c1-19(2)16(14-10-12-23-17(14)19)20-15-9-6-11-21(18(15)22)13-7-4-3-5-8-13/h3-5,7-8,14-17,20H,6,9-12H2,1-2H3. The maximum atomic E-state index is 12.9. The lowest BCUT2D eigenvalue weighted by atomic mass is 9.57. The molecule has 1 aliphatic carbocycles. The molecule has 1 amide bonds. The van der Waals surface area contributed by atoms with Gasteiger partial charge < -0.3 is 15.0 Å². The molecule has 124 valence electrons. The number of amides is 1. The number of hydrogen-bond acceptors (Lipinski definition) is 3. The van der Waals surface area contributed by atoms with Crippen LogP contribution < -0.4 is 10.2 Å². The minimum absolute atomic E-state index is 0.0604. The van der Waals surface area contributed by atoms with Crippen molar-refractivity contribution in [2.75, 3.05) is 18.1 Å². The van der Waals surface area contributed by atoms with Gasteiger partial charge in [0.05, 0.1) is 12.1 Å². The number of nitrogens with one attached hydrogen (secondary N) is 1. The van der Waals surface area contributed by atoms with E-state index >= 15 is 0 Å². The maximum absolute atomic E-state index is 12.9. The third-order valence-electron chi connectivity index (χ3n) is 5.99. The molecule has 0 bridgehead atoms. The largest absolute Gasteiger partial charge is 0.377 e. The number of carbonyl (C=O) groups is 1. The number of ether oxygens (including phenoxy) is 1. The van der Waals surface area contributed by atoms with Crippen LogP contribution in [-0.4, -0.2) is 37.2 Å². The van der Waals surface area contributed by atoms with Gasteiger partial charge in [0, 0.05) is 36.2 Å². The summed E-state index contributed by atoms with van der Waals surface area (Å²) in [6.07, 6.45) is 3.47. The van der Waals surface area contributed by atoms with E-state index in [-0.39, 0.29) is 17.4 Å². The Morgan fingerprint density at radius 1 is 1.22 bits per heavy atom. The molecule has 3 fully saturated rings. The van der Waals surface area contributed by atoms with Crippen LogP contribution in [0.2, 0.25) is 0 Å². The average molecular weight is 314 g/mol. The number of para-hydroxylation sites is 1. The van der Waals surface area contributed by atoms with Gasteiger partial charge in [0.1, 0.15) is 0 Å². The Hall–Kier alpha value is -1.39. The number of piperidine rings is 1. The van der Waals surface area contributed by atoms with Crippen LogP contribution in [-0.2, 0) is 9.53 Å². The highest BCUT2D eigenvalue weighted by Gasteiger charge is 2.59. The van der Waals surface area contributed by atoms with E-state index in [0.717, 1.165) is 38.1 Å². The van der Waals surface area contributed by atoms with Crippen molar-refractivity contribution in [3.05, 3.63) is 30.3 Å². The zero-order valence-corrected chi connectivity index (χ0v) is 14.0. The molecule has 4 atom stereocenters. The lowest BCUT2D eigenvalue weighted by molar-refractivity contribution is -0.131. The molecule has 1 saturated carbocycles. The van der Waals surface area contributed by atoms with Crippen LogP contribution in [0, 0.1) is 11.3 Å². The monoisotopic (exact) mass is 314 g/mol. The van der Waals surface area contributed by atoms with E-state index in [9.17, 15) is 4.79 Å². The molecule has 1 aromatic rings. The fraction of sp³-hybridized carbons (Fsp3) is 0.632. The van der Waals surface area contributed by atoms with Gasteiger partial charge in [-0.05, 0) is 31.4 Å². The van der Waals surface area contributed by atoms with Crippen molar-refractivity contribution < 1.29 is 9.53 Å². The summed E-state index contributed by atoms with van der Waals surface area (Å²) in [6, 6.07) is 10.4. The van der Waals surface area contributed by atoms with Crippen molar-refractivity contribution in [1.29, 1.82) is 0 Å². The third kappa shape index (κ3) is 2.39. The lowest BCUT2D eigenvalue weighted by Gasteiger charge is -2.56. The van der Waals surface area contributed by atoms with E-state index in [1.165, 1.54) is 0 Å². The zero-order valence-electron chi connectivity index (χ0n) is 14.0. The highest BCUT2D eigenvalue weighted by atomic mass is 16.5. The van der Waals surface area contributed by atoms with Gasteiger partial charge in [0.15, 0.2) is 0 Å². The van der Waals surface area contributed by atoms with E-state index in [1.54, 1.807) is 0 Å². The second kappa shape index (κ2) is 5.60. The third-order valence-corrected chi connectivity index (χ3v) is 5.99. The average Bonchev–Trinajstić information content (AvgIpc) is 3.02. The van der Waals surface area contributed by atoms with E-state index in [4.69, 9.17) is 4.74 Å². The highest BCUT2D eigenvalue weighted by molar-refractivity contribution is 5.97. The molecular formula is C19H26N2O2. The Balaban J connectivity index is 1.48. The van der Waals surface area contributed by atoms with Gasteiger partial charge in [0.2, 0.25) is 5.91 Å². The Bertz CT molecular complexity index is 586. The summed E-state index contributed by atoms with van der Waals surface area (Å²) in [6.45, 7) is 6.22. The van der Waals surface area contributed by atoms with Crippen LogP contribution in [0.4, 0.5) is 5.69 Å². The first-order chi connectivity index (χ1) is 11.1. The Morgan fingerprint density at radius 2 is 2.00 bits per heavy atom. The first-order valence-corrected chi connectivity index (χ1v) is 8.83. The van der Waals surface area contributed by atoms with Gasteiger partial charge in [-0.1, -0.05) is 32.0 Å². The van der Waals surface area contributed by atoms with Crippen molar-refractivity contribution in [2.24, 2.45) is 11.3 Å². The molecule has 2 saturated heterocycles. The van der Waals surface area contributed by atoms with Gasteiger partial charge in [-0.2, -0.15) is 0 Å². The van der Waals surface area contributed by atoms with Gasteiger partial charge in [-0.3, -0.25) is 4.79 Å². The van der Waals surface area contributed by atoms with Crippen molar-refractivity contribution >= 4 is 11.6 Å². The van der Waals surface area contributed by atoms with Crippen LogP contribution in [0.15, 0.2) is 30.3 Å². The molecule has 4 heteroatoms. The smallest absolute Gasteiger partial charge is 0.244 e. The van der Waals surface area contributed by atoms with Crippen molar-refractivity contribution in [3.63, 3.8) is 0 Å². The molecule has 0 radical (unpaired) electrons. The first-order valence-electron chi connectivity index (χ1n) is 8.83. The van der Waals surface area contributed by atoms with E-state index in [1.807, 2.05) is 35.2 Å². The summed E-state index contributed by atoms with van der Waals surface area (Å²) in [5.74, 6) is 0.797. The van der Waals surface area contributed by atoms with Crippen LogP contribution >= 0.6 is 0 Å². The van der Waals surface area contributed by atoms with E-state index < -0.39 is 0 Å². The number of nitrogens with zero attached hydrogens (tertiary/aromatic N) is 1. The minimum atomic E-state index is -0.0604. The summed E-state index contributed by atoms with van der Waals surface area (Å²) in [5.41, 5.74) is 1.13. The number of fused-ring (bicyclic) bond motifs is 1. The van der Waals surface area contributed by atoms with E-state index in [2.05, 4.69) is 19.2 Å². The molecule has 0 spiro atoms. The predicted molar refractivity (Wildman–Crippen MR) is 90.4 cm³/mol. The van der Waals surface area contributed by atoms with Crippen molar-refractivity contribution in [3.8, 4) is 0 Å². The van der Waals surface area contributed by atoms with Gasteiger partial charge >= 0.3 is 0 Å². The van der Waals surface area contributed by atoms with E-state index in [0.29, 0.717) is 18.1 Å². The molecule has 0 aromatic heterocycles. The van der Waals surface area contributed by atoms with Crippen LogP contribution in [0.5, 0.6) is 0 Å². The maximum Gasteiger partial charge on any atom is 0.244 e. The number of anilines is 1. The molecule has 3 aliphatic rings. The number of rotatable bonds is 3. The van der Waals surface area contributed by atoms with Crippen molar-refractivity contribution in [2.45, 2.75) is 51.3 Å². The molecule has 2 heterocycles. The normalized spacial score (nSPS) is 35.7. The quantitative estimate of drug-likeness (QED) is 0.932. The Labute approximate surface area is 138 Å². The second-order valence-electron chi connectivity index (χ2n) is 7.73. The van der Waals surface area contributed by atoms with Crippen LogP contribution in [0.3, 0.4) is 0 Å². The molecule has 4 unspecified atom stereocenters. The second-order valence-corrected chi connectivity index (χ2v) is 7.73. The molecule has 4 rings (SSSR count). The fourth-order valence-electron chi connectivity index (χ4n) is 4.77. The molecule has 1 N–H and O–H groups in total. The predicted octanol–water partition coefficient (Wildman–Crippen LogP) is 2.59. The zero-order chi connectivity index (χ0) is 16.0. The Kier molecular flexibility index (Phi) is 3.69. The molecule has 2 aliphatic heterocycles. The SMILES string of the molecule is CC1(C)C(NC2CCCN(c3ccccc3)C2=O)C2CCOC21. The number of hydrogen-bond donors (Lipinski definition) is 1. The van der Waals surface area contributed by atoms with Gasteiger partial charge in [-0.25, -0.2) is 0 Å². The number of carbonyl (C=O) groups excluding carboxylic acids is 1. The summed E-state index contributed by atoms with van der Waals surface area (Å²) >= 11 is 0.